The maximum Gasteiger partial charge on any atom is 0.146 e. The molecule has 0 saturated carbocycles. The van der Waals surface area contributed by atoms with Gasteiger partial charge in [-0.3, -0.25) is 4.98 Å². The lowest BCUT2D eigenvalue weighted by Crippen LogP contribution is -1.93. The fourth-order valence-electron chi connectivity index (χ4n) is 2.45. The van der Waals surface area contributed by atoms with Crippen LogP contribution in [0.4, 0.5) is 4.39 Å². The van der Waals surface area contributed by atoms with E-state index in [9.17, 15) is 4.39 Å². The molecule has 124 valence electrons. The molecule has 1 aromatic carbocycles. The van der Waals surface area contributed by atoms with Crippen LogP contribution in [0.3, 0.4) is 0 Å². The minimum atomic E-state index is -0.267. The standard InChI is InChI=1S/C18H13FN4S2/c1-11-21-16-17(25-11)15(13-4-6-14(19)7-5-13)22-23-18(16)24-10-12-3-2-8-20-9-12/h2-9H,10H2,1H3. The SMILES string of the molecule is Cc1nc2c(SCc3cccnc3)nnc(-c3ccc(F)cc3)c2s1. The van der Waals surface area contributed by atoms with Crippen LogP contribution in [0.1, 0.15) is 10.6 Å². The summed E-state index contributed by atoms with van der Waals surface area (Å²) in [6, 6.07) is 10.3. The largest absolute Gasteiger partial charge is 0.264 e. The highest BCUT2D eigenvalue weighted by molar-refractivity contribution is 7.98. The first-order valence-electron chi connectivity index (χ1n) is 7.62. The maximum absolute atomic E-state index is 13.2. The van der Waals surface area contributed by atoms with Gasteiger partial charge in [-0.05, 0) is 42.8 Å². The number of hydrogen-bond donors (Lipinski definition) is 0. The van der Waals surface area contributed by atoms with Gasteiger partial charge in [0.15, 0.2) is 0 Å². The van der Waals surface area contributed by atoms with Crippen LogP contribution >= 0.6 is 23.1 Å². The van der Waals surface area contributed by atoms with Crippen LogP contribution in [0.2, 0.25) is 0 Å². The van der Waals surface area contributed by atoms with Crippen molar-refractivity contribution in [2.45, 2.75) is 17.7 Å². The van der Waals surface area contributed by atoms with Gasteiger partial charge < -0.3 is 0 Å². The van der Waals surface area contributed by atoms with Crippen molar-refractivity contribution in [2.24, 2.45) is 0 Å². The van der Waals surface area contributed by atoms with Crippen molar-refractivity contribution in [3.63, 3.8) is 0 Å². The van der Waals surface area contributed by atoms with Crippen LogP contribution in [-0.2, 0) is 5.75 Å². The van der Waals surface area contributed by atoms with Crippen molar-refractivity contribution in [3.05, 3.63) is 65.2 Å². The summed E-state index contributed by atoms with van der Waals surface area (Å²) in [5, 5.41) is 10.5. The Kier molecular flexibility index (Phi) is 4.42. The van der Waals surface area contributed by atoms with E-state index in [2.05, 4.69) is 20.2 Å². The van der Waals surface area contributed by atoms with E-state index < -0.39 is 0 Å². The van der Waals surface area contributed by atoms with E-state index in [1.807, 2.05) is 25.3 Å². The summed E-state index contributed by atoms with van der Waals surface area (Å²) in [5.41, 5.74) is 3.56. The highest BCUT2D eigenvalue weighted by atomic mass is 32.2. The quantitative estimate of drug-likeness (QED) is 0.480. The Balaban J connectivity index is 1.72. The Labute approximate surface area is 152 Å². The Morgan fingerprint density at radius 1 is 1.12 bits per heavy atom. The van der Waals surface area contributed by atoms with Crippen molar-refractivity contribution >= 4 is 33.3 Å². The second kappa shape index (κ2) is 6.85. The van der Waals surface area contributed by atoms with Gasteiger partial charge in [0, 0.05) is 23.7 Å². The molecular formula is C18H13FN4S2. The molecule has 0 aliphatic carbocycles. The maximum atomic E-state index is 13.2. The lowest BCUT2D eigenvalue weighted by Gasteiger charge is -2.05. The van der Waals surface area contributed by atoms with Crippen molar-refractivity contribution in [1.29, 1.82) is 0 Å². The van der Waals surface area contributed by atoms with Crippen LogP contribution < -0.4 is 0 Å². The van der Waals surface area contributed by atoms with Crippen LogP contribution in [0.5, 0.6) is 0 Å². The van der Waals surface area contributed by atoms with E-state index in [4.69, 9.17) is 0 Å². The number of rotatable bonds is 4. The average Bonchev–Trinajstić information content (AvgIpc) is 3.03. The van der Waals surface area contributed by atoms with E-state index >= 15 is 0 Å². The molecule has 0 spiro atoms. The van der Waals surface area contributed by atoms with Crippen molar-refractivity contribution in [2.75, 3.05) is 0 Å². The number of aryl methyl sites for hydroxylation is 1. The second-order valence-electron chi connectivity index (χ2n) is 5.42. The van der Waals surface area contributed by atoms with Crippen LogP contribution in [0.15, 0.2) is 53.8 Å². The normalized spacial score (nSPS) is 11.1. The number of benzene rings is 1. The third-order valence-electron chi connectivity index (χ3n) is 3.61. The number of hydrogen-bond acceptors (Lipinski definition) is 6. The third kappa shape index (κ3) is 3.38. The smallest absolute Gasteiger partial charge is 0.146 e. The molecule has 4 aromatic rings. The number of aromatic nitrogens is 4. The fraction of sp³-hybridized carbons (Fsp3) is 0.111. The topological polar surface area (TPSA) is 51.6 Å². The molecule has 3 heterocycles. The zero-order valence-electron chi connectivity index (χ0n) is 13.3. The zero-order chi connectivity index (χ0) is 17.2. The molecule has 0 atom stereocenters. The Bertz CT molecular complexity index is 1020. The Morgan fingerprint density at radius 2 is 1.96 bits per heavy atom. The predicted octanol–water partition coefficient (Wildman–Crippen LogP) is 4.89. The molecule has 0 unspecified atom stereocenters. The molecule has 0 aliphatic heterocycles. The van der Waals surface area contributed by atoms with Gasteiger partial charge >= 0.3 is 0 Å². The minimum absolute atomic E-state index is 0.267. The highest BCUT2D eigenvalue weighted by Gasteiger charge is 2.16. The summed E-state index contributed by atoms with van der Waals surface area (Å²) < 4.78 is 14.2. The van der Waals surface area contributed by atoms with Crippen LogP contribution in [0.25, 0.3) is 21.5 Å². The summed E-state index contributed by atoms with van der Waals surface area (Å²) in [6.07, 6.45) is 3.60. The molecule has 0 radical (unpaired) electrons. The van der Waals surface area contributed by atoms with Gasteiger partial charge in [-0.1, -0.05) is 17.8 Å². The first kappa shape index (κ1) is 16.1. The molecule has 0 aliphatic rings. The summed E-state index contributed by atoms with van der Waals surface area (Å²) in [4.78, 5) is 8.77. The Hall–Kier alpha value is -2.38. The lowest BCUT2D eigenvalue weighted by molar-refractivity contribution is 0.628. The van der Waals surface area contributed by atoms with Crippen molar-refractivity contribution in [1.82, 2.24) is 20.2 Å². The molecule has 0 bridgehead atoms. The lowest BCUT2D eigenvalue weighted by atomic mass is 10.1. The molecule has 4 nitrogen and oxygen atoms in total. The molecule has 0 saturated heterocycles. The van der Waals surface area contributed by atoms with E-state index in [-0.39, 0.29) is 5.82 Å². The van der Waals surface area contributed by atoms with Gasteiger partial charge in [-0.25, -0.2) is 9.37 Å². The molecule has 7 heteroatoms. The highest BCUT2D eigenvalue weighted by Crippen LogP contribution is 2.36. The second-order valence-corrected chi connectivity index (χ2v) is 7.59. The van der Waals surface area contributed by atoms with Gasteiger partial charge in [-0.15, -0.1) is 21.5 Å². The fourth-order valence-corrected chi connectivity index (χ4v) is 4.30. The number of halogens is 1. The molecular weight excluding hydrogens is 355 g/mol. The molecule has 0 fully saturated rings. The first-order valence-corrected chi connectivity index (χ1v) is 9.42. The average molecular weight is 368 g/mol. The molecule has 25 heavy (non-hydrogen) atoms. The van der Waals surface area contributed by atoms with Crippen molar-refractivity contribution in [3.8, 4) is 11.3 Å². The van der Waals surface area contributed by atoms with Crippen LogP contribution in [0, 0.1) is 12.7 Å². The molecule has 4 rings (SSSR count). The zero-order valence-corrected chi connectivity index (χ0v) is 14.9. The van der Waals surface area contributed by atoms with Gasteiger partial charge in [0.25, 0.3) is 0 Å². The number of thiazole rings is 1. The van der Waals surface area contributed by atoms with E-state index in [0.29, 0.717) is 0 Å². The van der Waals surface area contributed by atoms with E-state index in [1.54, 1.807) is 41.4 Å². The van der Waals surface area contributed by atoms with Crippen LogP contribution in [-0.4, -0.2) is 20.2 Å². The summed E-state index contributed by atoms with van der Waals surface area (Å²) in [7, 11) is 0. The molecule has 0 amide bonds. The van der Waals surface area contributed by atoms with Crippen molar-refractivity contribution < 1.29 is 4.39 Å². The van der Waals surface area contributed by atoms with Gasteiger partial charge in [0.1, 0.15) is 22.1 Å². The number of nitrogens with zero attached hydrogens (tertiary/aromatic N) is 4. The van der Waals surface area contributed by atoms with E-state index in [1.165, 1.54) is 12.1 Å². The Morgan fingerprint density at radius 3 is 2.72 bits per heavy atom. The summed E-state index contributed by atoms with van der Waals surface area (Å²) >= 11 is 3.17. The van der Waals surface area contributed by atoms with Gasteiger partial charge in [0.05, 0.1) is 9.71 Å². The first-order chi connectivity index (χ1) is 12.2. The van der Waals surface area contributed by atoms with Gasteiger partial charge in [0.2, 0.25) is 0 Å². The monoisotopic (exact) mass is 368 g/mol. The number of fused-ring (bicyclic) bond motifs is 1. The summed E-state index contributed by atoms with van der Waals surface area (Å²) in [6.45, 7) is 1.97. The van der Waals surface area contributed by atoms with E-state index in [0.717, 1.165) is 42.8 Å². The minimum Gasteiger partial charge on any atom is -0.264 e. The third-order valence-corrected chi connectivity index (χ3v) is 5.61. The molecule has 0 N–H and O–H groups in total. The number of pyridine rings is 1. The number of thioether (sulfide) groups is 1. The summed E-state index contributed by atoms with van der Waals surface area (Å²) in [5.74, 6) is 0.487. The van der Waals surface area contributed by atoms with Gasteiger partial charge in [-0.2, -0.15) is 0 Å². The molecule has 3 aromatic heterocycles. The predicted molar refractivity (Wildman–Crippen MR) is 99.1 cm³/mol.